The van der Waals surface area contributed by atoms with Gasteiger partial charge < -0.3 is 10.6 Å². The number of aliphatic imine (C=N–C) groups is 1. The van der Waals surface area contributed by atoms with Crippen molar-refractivity contribution in [3.8, 4) is 0 Å². The van der Waals surface area contributed by atoms with E-state index >= 15 is 0 Å². The van der Waals surface area contributed by atoms with Gasteiger partial charge in [-0.1, -0.05) is 44.2 Å². The number of guanidine groups is 1. The third-order valence-electron chi connectivity index (χ3n) is 3.18. The number of alkyl halides is 3. The Morgan fingerprint density at radius 2 is 1.68 bits per heavy atom. The van der Waals surface area contributed by atoms with Crippen LogP contribution in [0.1, 0.15) is 25.8 Å². The molecule has 0 atom stereocenters. The molecule has 0 saturated carbocycles. The molecule has 1 rings (SSSR count). The largest absolute Gasteiger partial charge is 0.390 e. The highest BCUT2D eigenvalue weighted by Crippen LogP contribution is 2.21. The molecule has 0 saturated heterocycles. The van der Waals surface area contributed by atoms with Crippen molar-refractivity contribution in [1.29, 1.82) is 0 Å². The highest BCUT2D eigenvalue weighted by Gasteiger charge is 2.26. The Labute approximate surface area is 146 Å². The van der Waals surface area contributed by atoms with Gasteiger partial charge in [-0.15, -0.1) is 24.0 Å². The summed E-state index contributed by atoms with van der Waals surface area (Å²) in [6.07, 6.45) is -5.04. The Morgan fingerprint density at radius 1 is 1.09 bits per heavy atom. The third kappa shape index (κ3) is 7.86. The van der Waals surface area contributed by atoms with E-state index in [0.717, 1.165) is 5.56 Å². The summed E-state index contributed by atoms with van der Waals surface area (Å²) in [5.74, 6) is 0.378. The topological polar surface area (TPSA) is 36.4 Å². The predicted molar refractivity (Wildman–Crippen MR) is 94.9 cm³/mol. The van der Waals surface area contributed by atoms with Gasteiger partial charge in [0.1, 0.15) is 0 Å². The number of nitrogens with zero attached hydrogens (tertiary/aromatic N) is 1. The first kappa shape index (κ1) is 21.0. The first-order valence-corrected chi connectivity index (χ1v) is 6.81. The summed E-state index contributed by atoms with van der Waals surface area (Å²) in [5.41, 5.74) is 1.01. The molecule has 3 nitrogen and oxygen atoms in total. The fourth-order valence-corrected chi connectivity index (χ4v) is 1.84. The minimum Gasteiger partial charge on any atom is -0.356 e. The lowest BCUT2D eigenvalue weighted by atomic mass is 9.85. The van der Waals surface area contributed by atoms with E-state index in [1.54, 1.807) is 7.05 Å². The number of halogens is 4. The van der Waals surface area contributed by atoms with Crippen LogP contribution in [0.4, 0.5) is 13.2 Å². The van der Waals surface area contributed by atoms with E-state index in [0.29, 0.717) is 12.5 Å². The molecule has 0 aliphatic heterocycles. The van der Waals surface area contributed by atoms with Crippen molar-refractivity contribution >= 4 is 29.9 Å². The lowest BCUT2D eigenvalue weighted by Crippen LogP contribution is -2.44. The van der Waals surface area contributed by atoms with Crippen LogP contribution < -0.4 is 10.6 Å². The molecule has 0 bridgehead atoms. The summed E-state index contributed by atoms with van der Waals surface area (Å²) < 4.78 is 36.3. The molecule has 1 aromatic carbocycles. The van der Waals surface area contributed by atoms with E-state index in [-0.39, 0.29) is 35.9 Å². The van der Waals surface area contributed by atoms with Gasteiger partial charge in [0.15, 0.2) is 5.96 Å². The molecule has 126 valence electrons. The normalized spacial score (nSPS) is 12.5. The number of hydrogen-bond acceptors (Lipinski definition) is 1. The van der Waals surface area contributed by atoms with Gasteiger partial charge >= 0.3 is 6.18 Å². The van der Waals surface area contributed by atoms with Crippen LogP contribution >= 0.6 is 24.0 Å². The van der Waals surface area contributed by atoms with Gasteiger partial charge in [-0.25, -0.2) is 0 Å². The highest BCUT2D eigenvalue weighted by atomic mass is 127. The number of rotatable bonds is 5. The van der Waals surface area contributed by atoms with Gasteiger partial charge in [0.25, 0.3) is 0 Å². The summed E-state index contributed by atoms with van der Waals surface area (Å²) in [4.78, 5) is 3.93. The van der Waals surface area contributed by atoms with E-state index in [1.165, 1.54) is 0 Å². The summed E-state index contributed by atoms with van der Waals surface area (Å²) >= 11 is 0. The maximum Gasteiger partial charge on any atom is 0.390 e. The van der Waals surface area contributed by atoms with Crippen molar-refractivity contribution in [3.05, 3.63) is 35.9 Å². The van der Waals surface area contributed by atoms with Crippen LogP contribution in [0.2, 0.25) is 0 Å². The summed E-state index contributed by atoms with van der Waals surface area (Å²) in [6, 6.07) is 9.94. The average molecular weight is 429 g/mol. The molecule has 22 heavy (non-hydrogen) atoms. The summed E-state index contributed by atoms with van der Waals surface area (Å²) in [6.45, 7) is 4.52. The number of hydrogen-bond donors (Lipinski definition) is 2. The van der Waals surface area contributed by atoms with Gasteiger partial charge in [0, 0.05) is 25.6 Å². The van der Waals surface area contributed by atoms with Crippen molar-refractivity contribution in [2.24, 2.45) is 4.99 Å². The van der Waals surface area contributed by atoms with E-state index in [2.05, 4.69) is 29.5 Å². The fraction of sp³-hybridized carbons (Fsp3) is 0.533. The predicted octanol–water partition coefficient (Wildman–Crippen LogP) is 3.70. The maximum absolute atomic E-state index is 12.1. The first-order chi connectivity index (χ1) is 9.74. The zero-order chi connectivity index (χ0) is 15.9. The van der Waals surface area contributed by atoms with E-state index in [9.17, 15) is 13.2 Å². The Kier molecular flexibility index (Phi) is 8.80. The van der Waals surface area contributed by atoms with Crippen molar-refractivity contribution in [2.45, 2.75) is 31.9 Å². The molecular formula is C15H23F3IN3. The Hall–Kier alpha value is -0.990. The van der Waals surface area contributed by atoms with Crippen LogP contribution in [-0.2, 0) is 5.41 Å². The van der Waals surface area contributed by atoms with Crippen LogP contribution in [0.15, 0.2) is 35.3 Å². The van der Waals surface area contributed by atoms with Crippen molar-refractivity contribution < 1.29 is 13.2 Å². The standard InChI is InChI=1S/C15H22F3N3.HI/c1-14(2,12-7-5-4-6-8-12)11-21-13(19-3)20-10-9-15(16,17)18;/h4-8H,9-11H2,1-3H3,(H2,19,20,21);1H. The van der Waals surface area contributed by atoms with E-state index in [4.69, 9.17) is 0 Å². The molecule has 0 heterocycles. The average Bonchev–Trinajstić information content (AvgIpc) is 2.42. The van der Waals surface area contributed by atoms with Crippen LogP contribution in [-0.4, -0.2) is 32.3 Å². The molecule has 0 amide bonds. The van der Waals surface area contributed by atoms with Crippen molar-refractivity contribution in [2.75, 3.05) is 20.1 Å². The minimum absolute atomic E-state index is 0. The fourth-order valence-electron chi connectivity index (χ4n) is 1.84. The molecule has 0 aliphatic rings. The van der Waals surface area contributed by atoms with Crippen LogP contribution in [0.25, 0.3) is 0 Å². The molecular weight excluding hydrogens is 406 g/mol. The molecule has 0 aromatic heterocycles. The molecule has 0 radical (unpaired) electrons. The third-order valence-corrected chi connectivity index (χ3v) is 3.18. The molecule has 7 heteroatoms. The zero-order valence-corrected chi connectivity index (χ0v) is 15.3. The Bertz CT molecular complexity index is 459. The van der Waals surface area contributed by atoms with E-state index < -0.39 is 12.6 Å². The molecule has 1 aromatic rings. The van der Waals surface area contributed by atoms with Gasteiger partial charge in [0.05, 0.1) is 6.42 Å². The van der Waals surface area contributed by atoms with Gasteiger partial charge in [-0.3, -0.25) is 4.99 Å². The Morgan fingerprint density at radius 3 is 2.18 bits per heavy atom. The lowest BCUT2D eigenvalue weighted by Gasteiger charge is -2.26. The number of benzene rings is 1. The second kappa shape index (κ2) is 9.22. The van der Waals surface area contributed by atoms with Crippen LogP contribution in [0.3, 0.4) is 0 Å². The Balaban J connectivity index is 0.00000441. The molecule has 0 unspecified atom stereocenters. The van der Waals surface area contributed by atoms with Crippen molar-refractivity contribution in [3.63, 3.8) is 0 Å². The molecule has 0 spiro atoms. The molecule has 0 aliphatic carbocycles. The smallest absolute Gasteiger partial charge is 0.356 e. The SMILES string of the molecule is CN=C(NCCC(F)(F)F)NCC(C)(C)c1ccccc1.I. The van der Waals surface area contributed by atoms with Gasteiger partial charge in [0.2, 0.25) is 0 Å². The molecule has 0 fully saturated rings. The first-order valence-electron chi connectivity index (χ1n) is 6.81. The highest BCUT2D eigenvalue weighted by molar-refractivity contribution is 14.0. The van der Waals surface area contributed by atoms with Gasteiger partial charge in [-0.2, -0.15) is 13.2 Å². The summed E-state index contributed by atoms with van der Waals surface area (Å²) in [7, 11) is 1.54. The monoisotopic (exact) mass is 429 g/mol. The van der Waals surface area contributed by atoms with Crippen LogP contribution in [0, 0.1) is 0 Å². The van der Waals surface area contributed by atoms with Crippen LogP contribution in [0.5, 0.6) is 0 Å². The van der Waals surface area contributed by atoms with Crippen molar-refractivity contribution in [1.82, 2.24) is 10.6 Å². The lowest BCUT2D eigenvalue weighted by molar-refractivity contribution is -0.132. The quantitative estimate of drug-likeness (QED) is 0.426. The minimum atomic E-state index is -4.16. The molecule has 2 N–H and O–H groups in total. The summed E-state index contributed by atoms with van der Waals surface area (Å²) in [5, 5.41) is 5.73. The van der Waals surface area contributed by atoms with E-state index in [1.807, 2.05) is 30.3 Å². The second-order valence-corrected chi connectivity index (χ2v) is 5.47. The number of nitrogens with one attached hydrogen (secondary N) is 2. The second-order valence-electron chi connectivity index (χ2n) is 5.47. The zero-order valence-electron chi connectivity index (χ0n) is 13.0. The maximum atomic E-state index is 12.1. The van der Waals surface area contributed by atoms with Gasteiger partial charge in [-0.05, 0) is 5.56 Å².